The zero-order chi connectivity index (χ0) is 15.0. The first kappa shape index (κ1) is 14.1. The second-order valence-electron chi connectivity index (χ2n) is 4.97. The van der Waals surface area contributed by atoms with Crippen LogP contribution in [0.5, 0.6) is 0 Å². The zero-order valence-corrected chi connectivity index (χ0v) is 11.5. The number of aliphatic hydroxyl groups excluding tert-OH is 2. The summed E-state index contributed by atoms with van der Waals surface area (Å²) in [6.07, 6.45) is 0.144. The number of anilines is 1. The molecule has 0 bridgehead atoms. The first-order valence-electron chi connectivity index (χ1n) is 6.81. The number of hydrogen-bond donors (Lipinski definition) is 4. The lowest BCUT2D eigenvalue weighted by Crippen LogP contribution is -2.40. The minimum Gasteiger partial charge on any atom is -0.386 e. The van der Waals surface area contributed by atoms with E-state index in [0.29, 0.717) is 17.7 Å². The van der Waals surface area contributed by atoms with Crippen LogP contribution in [-0.4, -0.2) is 54.7 Å². The monoisotopic (exact) mass is 294 g/mol. The first-order chi connectivity index (χ1) is 10.1. The molecule has 5 N–H and O–H groups in total. The molecule has 0 amide bonds. The Kier molecular flexibility index (Phi) is 3.72. The van der Waals surface area contributed by atoms with E-state index in [1.54, 1.807) is 4.57 Å². The molecule has 0 radical (unpaired) electrons. The van der Waals surface area contributed by atoms with Crippen molar-refractivity contribution in [3.8, 4) is 0 Å². The van der Waals surface area contributed by atoms with E-state index in [0.717, 1.165) is 6.42 Å². The van der Waals surface area contributed by atoms with E-state index < -0.39 is 24.7 Å². The number of hydrogen-bond acceptors (Lipinski definition) is 8. The SMILES string of the molecule is CCCN[C@H]1O[C@@H](n2cnc3c(N)ncnc32)[C@@H](O)C1O. The third-order valence-corrected chi connectivity index (χ3v) is 3.50. The van der Waals surface area contributed by atoms with Gasteiger partial charge in [-0.3, -0.25) is 9.88 Å². The Labute approximate surface area is 120 Å². The van der Waals surface area contributed by atoms with Crippen LogP contribution in [-0.2, 0) is 4.74 Å². The summed E-state index contributed by atoms with van der Waals surface area (Å²) in [5.74, 6) is 0.257. The molecule has 114 valence electrons. The van der Waals surface area contributed by atoms with Gasteiger partial charge >= 0.3 is 0 Å². The fourth-order valence-electron chi connectivity index (χ4n) is 2.40. The average molecular weight is 294 g/mol. The largest absolute Gasteiger partial charge is 0.386 e. The molecule has 1 aliphatic rings. The Morgan fingerprint density at radius 1 is 1.33 bits per heavy atom. The summed E-state index contributed by atoms with van der Waals surface area (Å²) < 4.78 is 7.24. The van der Waals surface area contributed by atoms with Gasteiger partial charge in [0, 0.05) is 0 Å². The summed E-state index contributed by atoms with van der Waals surface area (Å²) in [5, 5.41) is 23.3. The summed E-state index contributed by atoms with van der Waals surface area (Å²) in [6, 6.07) is 0. The molecule has 2 aromatic rings. The lowest BCUT2D eigenvalue weighted by Gasteiger charge is -2.16. The summed E-state index contributed by atoms with van der Waals surface area (Å²) in [4.78, 5) is 12.1. The van der Waals surface area contributed by atoms with Crippen LogP contribution in [0.4, 0.5) is 5.82 Å². The minimum atomic E-state index is -1.09. The van der Waals surface area contributed by atoms with Gasteiger partial charge in [-0.2, -0.15) is 0 Å². The molecular formula is C12H18N6O3. The number of aliphatic hydroxyl groups is 2. The fourth-order valence-corrected chi connectivity index (χ4v) is 2.40. The highest BCUT2D eigenvalue weighted by molar-refractivity contribution is 5.81. The molecule has 3 rings (SSSR count). The number of aromatic nitrogens is 4. The smallest absolute Gasteiger partial charge is 0.167 e. The van der Waals surface area contributed by atoms with Crippen LogP contribution >= 0.6 is 0 Å². The molecule has 3 heterocycles. The van der Waals surface area contributed by atoms with Crippen molar-refractivity contribution in [2.45, 2.75) is 38.0 Å². The third kappa shape index (κ3) is 2.33. The van der Waals surface area contributed by atoms with E-state index in [2.05, 4.69) is 20.3 Å². The Bertz CT molecular complexity index is 632. The normalized spacial score (nSPS) is 29.3. The number of rotatable bonds is 4. The van der Waals surface area contributed by atoms with E-state index in [9.17, 15) is 10.2 Å². The van der Waals surface area contributed by atoms with Crippen LogP contribution in [0.2, 0.25) is 0 Å². The molecule has 2 aromatic heterocycles. The Hall–Kier alpha value is -1.81. The van der Waals surface area contributed by atoms with E-state index in [1.807, 2.05) is 6.92 Å². The quantitative estimate of drug-likeness (QED) is 0.564. The molecule has 0 aromatic carbocycles. The standard InChI is InChI=1S/C12H18N6O3/c1-2-3-14-11-7(19)8(20)12(21-11)18-5-17-6-9(13)15-4-16-10(6)18/h4-5,7-8,11-12,14,19-20H,2-3H2,1H3,(H2,13,15,16)/t7?,8-,11-,12+/m0/s1. The fraction of sp³-hybridized carbons (Fsp3) is 0.583. The predicted octanol–water partition coefficient (Wildman–Crippen LogP) is -1.02. The van der Waals surface area contributed by atoms with Gasteiger partial charge < -0.3 is 20.7 Å². The van der Waals surface area contributed by atoms with Crippen LogP contribution in [0.25, 0.3) is 11.2 Å². The van der Waals surface area contributed by atoms with Crippen LogP contribution < -0.4 is 11.1 Å². The van der Waals surface area contributed by atoms with Crippen molar-refractivity contribution in [2.24, 2.45) is 0 Å². The van der Waals surface area contributed by atoms with Crippen LogP contribution in [0.15, 0.2) is 12.7 Å². The van der Waals surface area contributed by atoms with Crippen LogP contribution in [0.1, 0.15) is 19.6 Å². The van der Waals surface area contributed by atoms with Gasteiger partial charge in [0.25, 0.3) is 0 Å². The Morgan fingerprint density at radius 3 is 2.90 bits per heavy atom. The van der Waals surface area contributed by atoms with Gasteiger partial charge in [-0.25, -0.2) is 15.0 Å². The van der Waals surface area contributed by atoms with Gasteiger partial charge in [0.1, 0.15) is 30.3 Å². The van der Waals surface area contributed by atoms with Gasteiger partial charge in [-0.05, 0) is 13.0 Å². The second-order valence-corrected chi connectivity index (χ2v) is 4.97. The molecule has 1 unspecified atom stereocenters. The van der Waals surface area contributed by atoms with E-state index in [-0.39, 0.29) is 5.82 Å². The van der Waals surface area contributed by atoms with E-state index >= 15 is 0 Å². The molecule has 1 fully saturated rings. The molecule has 0 spiro atoms. The average Bonchev–Trinajstić information content (AvgIpc) is 3.02. The number of nitrogens with one attached hydrogen (secondary N) is 1. The summed E-state index contributed by atoms with van der Waals surface area (Å²) in [5.41, 5.74) is 6.62. The van der Waals surface area contributed by atoms with Crippen molar-refractivity contribution in [3.05, 3.63) is 12.7 Å². The molecule has 9 nitrogen and oxygen atoms in total. The van der Waals surface area contributed by atoms with Gasteiger partial charge in [0.15, 0.2) is 17.7 Å². The van der Waals surface area contributed by atoms with Crippen molar-refractivity contribution in [1.82, 2.24) is 24.8 Å². The summed E-state index contributed by atoms with van der Waals surface area (Å²) in [6.45, 7) is 2.69. The number of nitrogens with two attached hydrogens (primary N) is 1. The molecule has 0 aliphatic carbocycles. The van der Waals surface area contributed by atoms with Crippen molar-refractivity contribution >= 4 is 17.0 Å². The molecule has 0 saturated carbocycles. The Morgan fingerprint density at radius 2 is 2.14 bits per heavy atom. The van der Waals surface area contributed by atoms with Crippen molar-refractivity contribution < 1.29 is 14.9 Å². The highest BCUT2D eigenvalue weighted by Gasteiger charge is 2.44. The van der Waals surface area contributed by atoms with Crippen LogP contribution in [0.3, 0.4) is 0 Å². The highest BCUT2D eigenvalue weighted by Crippen LogP contribution is 2.30. The first-order valence-corrected chi connectivity index (χ1v) is 6.81. The minimum absolute atomic E-state index is 0.257. The topological polar surface area (TPSA) is 131 Å². The van der Waals surface area contributed by atoms with Gasteiger partial charge in [0.2, 0.25) is 0 Å². The molecule has 4 atom stereocenters. The number of imidazole rings is 1. The van der Waals surface area contributed by atoms with Gasteiger partial charge in [-0.15, -0.1) is 0 Å². The number of nitrogen functional groups attached to an aromatic ring is 1. The van der Waals surface area contributed by atoms with Gasteiger partial charge in [-0.1, -0.05) is 6.92 Å². The Balaban J connectivity index is 1.90. The van der Waals surface area contributed by atoms with Crippen molar-refractivity contribution in [1.29, 1.82) is 0 Å². The lowest BCUT2D eigenvalue weighted by molar-refractivity contribution is -0.0453. The predicted molar refractivity (Wildman–Crippen MR) is 74.0 cm³/mol. The number of nitrogens with zero attached hydrogens (tertiary/aromatic N) is 4. The second kappa shape index (κ2) is 5.53. The van der Waals surface area contributed by atoms with Crippen LogP contribution in [0, 0.1) is 0 Å². The molecule has 21 heavy (non-hydrogen) atoms. The third-order valence-electron chi connectivity index (χ3n) is 3.50. The summed E-state index contributed by atoms with van der Waals surface area (Å²) in [7, 11) is 0. The van der Waals surface area contributed by atoms with E-state index in [4.69, 9.17) is 10.5 Å². The highest BCUT2D eigenvalue weighted by atomic mass is 16.6. The summed E-state index contributed by atoms with van der Waals surface area (Å²) >= 11 is 0. The maximum absolute atomic E-state index is 10.2. The lowest BCUT2D eigenvalue weighted by atomic mass is 10.2. The molecule has 1 aliphatic heterocycles. The van der Waals surface area contributed by atoms with Gasteiger partial charge in [0.05, 0.1) is 6.33 Å². The van der Waals surface area contributed by atoms with Crippen molar-refractivity contribution in [2.75, 3.05) is 12.3 Å². The molecular weight excluding hydrogens is 276 g/mol. The molecule has 1 saturated heterocycles. The number of ether oxygens (including phenoxy) is 1. The maximum Gasteiger partial charge on any atom is 0.167 e. The number of fused-ring (bicyclic) bond motifs is 1. The van der Waals surface area contributed by atoms with Crippen molar-refractivity contribution in [3.63, 3.8) is 0 Å². The van der Waals surface area contributed by atoms with E-state index in [1.165, 1.54) is 12.7 Å². The zero-order valence-electron chi connectivity index (χ0n) is 11.5. The maximum atomic E-state index is 10.2. The molecule has 9 heteroatoms.